The number of para-hydroxylation sites is 1. The fraction of sp³-hybridized carbons (Fsp3) is 0.263. The lowest BCUT2D eigenvalue weighted by Crippen LogP contribution is -2.42. The number of nitrogens with one attached hydrogen (secondary N) is 2. The zero-order valence-corrected chi connectivity index (χ0v) is 14.6. The first-order valence-electron chi connectivity index (χ1n) is 8.37. The van der Waals surface area contributed by atoms with Crippen molar-refractivity contribution in [2.45, 2.75) is 32.2 Å². The molecule has 0 spiro atoms. The van der Waals surface area contributed by atoms with Crippen molar-refractivity contribution in [3.8, 4) is 0 Å². The Hall–Kier alpha value is -3.22. The zero-order chi connectivity index (χ0) is 18.7. The smallest absolute Gasteiger partial charge is 0.326 e. The van der Waals surface area contributed by atoms with Crippen LogP contribution in [0.1, 0.15) is 41.6 Å². The Kier molecular flexibility index (Phi) is 4.97. The molecule has 1 atom stereocenters. The Balaban J connectivity index is 1.79. The van der Waals surface area contributed by atoms with Gasteiger partial charge in [0.05, 0.1) is 0 Å². The van der Waals surface area contributed by atoms with Gasteiger partial charge < -0.3 is 15.4 Å². The molecule has 1 amide bonds. The first-order valence-corrected chi connectivity index (χ1v) is 8.37. The van der Waals surface area contributed by atoms with Gasteiger partial charge in [0.25, 0.3) is 5.91 Å². The fourth-order valence-electron chi connectivity index (χ4n) is 2.73. The van der Waals surface area contributed by atoms with E-state index in [1.165, 1.54) is 12.3 Å². The summed E-state index contributed by atoms with van der Waals surface area (Å²) < 4.78 is 0. The molecule has 2 aromatic heterocycles. The Bertz CT molecular complexity index is 949. The predicted molar refractivity (Wildman–Crippen MR) is 97.0 cm³/mol. The van der Waals surface area contributed by atoms with E-state index in [9.17, 15) is 14.7 Å². The van der Waals surface area contributed by atoms with Gasteiger partial charge in [-0.15, -0.1) is 0 Å². The van der Waals surface area contributed by atoms with E-state index >= 15 is 0 Å². The van der Waals surface area contributed by atoms with E-state index in [-0.39, 0.29) is 18.0 Å². The molecule has 7 heteroatoms. The highest BCUT2D eigenvalue weighted by Gasteiger charge is 2.23. The van der Waals surface area contributed by atoms with Gasteiger partial charge in [-0.1, -0.05) is 32.0 Å². The highest BCUT2D eigenvalue weighted by molar-refractivity contribution is 5.95. The lowest BCUT2D eigenvalue weighted by atomic mass is 10.0. The lowest BCUT2D eigenvalue weighted by Gasteiger charge is -2.14. The molecule has 0 unspecified atom stereocenters. The number of aromatic amines is 1. The number of aromatic nitrogens is 3. The molecule has 2 heterocycles. The molecule has 3 rings (SSSR count). The highest BCUT2D eigenvalue weighted by Crippen LogP contribution is 2.19. The number of carbonyl (C=O) groups excluding carboxylic acids is 1. The molecule has 3 N–H and O–H groups in total. The minimum Gasteiger partial charge on any atom is -0.480 e. The minimum atomic E-state index is -1.10. The summed E-state index contributed by atoms with van der Waals surface area (Å²) in [6.45, 7) is 3.85. The quantitative estimate of drug-likeness (QED) is 0.632. The molecular weight excluding hydrogens is 332 g/mol. The van der Waals surface area contributed by atoms with Crippen LogP contribution in [-0.2, 0) is 11.2 Å². The molecule has 0 aliphatic rings. The summed E-state index contributed by atoms with van der Waals surface area (Å²) in [6.07, 6.45) is 3.45. The first-order chi connectivity index (χ1) is 12.5. The molecule has 0 saturated heterocycles. The van der Waals surface area contributed by atoms with Crippen LogP contribution in [0.3, 0.4) is 0 Å². The summed E-state index contributed by atoms with van der Waals surface area (Å²) in [5.41, 5.74) is 1.92. The molecule has 26 heavy (non-hydrogen) atoms. The van der Waals surface area contributed by atoms with Crippen molar-refractivity contribution in [1.82, 2.24) is 20.3 Å². The van der Waals surface area contributed by atoms with E-state index in [4.69, 9.17) is 0 Å². The maximum absolute atomic E-state index is 12.5. The maximum atomic E-state index is 12.5. The third kappa shape index (κ3) is 3.72. The Morgan fingerprint density at radius 1 is 1.23 bits per heavy atom. The van der Waals surface area contributed by atoms with Gasteiger partial charge in [-0.05, 0) is 17.7 Å². The summed E-state index contributed by atoms with van der Waals surface area (Å²) in [4.78, 5) is 35.5. The molecule has 134 valence electrons. The second-order valence-corrected chi connectivity index (χ2v) is 6.38. The summed E-state index contributed by atoms with van der Waals surface area (Å²) >= 11 is 0. The van der Waals surface area contributed by atoms with Crippen LogP contribution in [0.2, 0.25) is 0 Å². The number of H-pyrrole nitrogens is 1. The van der Waals surface area contributed by atoms with Crippen molar-refractivity contribution in [1.29, 1.82) is 0 Å². The molecule has 0 bridgehead atoms. The van der Waals surface area contributed by atoms with E-state index in [0.29, 0.717) is 5.82 Å². The lowest BCUT2D eigenvalue weighted by molar-refractivity contribution is -0.139. The number of hydrogen-bond acceptors (Lipinski definition) is 4. The van der Waals surface area contributed by atoms with Crippen LogP contribution in [0.4, 0.5) is 0 Å². The second-order valence-electron chi connectivity index (χ2n) is 6.38. The van der Waals surface area contributed by atoms with Gasteiger partial charge in [0, 0.05) is 35.6 Å². The molecule has 1 aromatic carbocycles. The molecule has 0 aliphatic heterocycles. The van der Waals surface area contributed by atoms with Crippen molar-refractivity contribution in [2.24, 2.45) is 0 Å². The van der Waals surface area contributed by atoms with E-state index < -0.39 is 17.9 Å². The van der Waals surface area contributed by atoms with Crippen LogP contribution in [0, 0.1) is 0 Å². The van der Waals surface area contributed by atoms with Gasteiger partial charge in [-0.2, -0.15) is 0 Å². The highest BCUT2D eigenvalue weighted by atomic mass is 16.4. The van der Waals surface area contributed by atoms with Crippen molar-refractivity contribution < 1.29 is 14.7 Å². The topological polar surface area (TPSA) is 108 Å². The fourth-order valence-corrected chi connectivity index (χ4v) is 2.73. The molecule has 0 aliphatic carbocycles. The van der Waals surface area contributed by atoms with Crippen LogP contribution in [0.5, 0.6) is 0 Å². The molecule has 0 fully saturated rings. The number of nitrogens with zero attached hydrogens (tertiary/aromatic N) is 2. The van der Waals surface area contributed by atoms with Crippen LogP contribution < -0.4 is 5.32 Å². The van der Waals surface area contributed by atoms with Crippen LogP contribution in [0.15, 0.2) is 42.7 Å². The SMILES string of the molecule is CC(C)c1nccc(C(=O)N[C@H](Cc2c[nH]c3ccccc23)C(=O)O)n1. The number of carboxylic acids is 1. The minimum absolute atomic E-state index is 0.0734. The van der Waals surface area contributed by atoms with Gasteiger partial charge >= 0.3 is 5.97 Å². The number of fused-ring (bicyclic) bond motifs is 1. The van der Waals surface area contributed by atoms with Crippen LogP contribution >= 0.6 is 0 Å². The van der Waals surface area contributed by atoms with E-state index in [2.05, 4.69) is 20.3 Å². The van der Waals surface area contributed by atoms with E-state index in [1.807, 2.05) is 38.1 Å². The van der Waals surface area contributed by atoms with E-state index in [1.54, 1.807) is 6.20 Å². The maximum Gasteiger partial charge on any atom is 0.326 e. The predicted octanol–water partition coefficient (Wildman–Crippen LogP) is 2.51. The van der Waals surface area contributed by atoms with Crippen LogP contribution in [0.25, 0.3) is 10.9 Å². The Morgan fingerprint density at radius 2 is 2.00 bits per heavy atom. The summed E-state index contributed by atoms with van der Waals surface area (Å²) in [6, 6.07) is 8.05. The number of hydrogen-bond donors (Lipinski definition) is 3. The van der Waals surface area contributed by atoms with Gasteiger partial charge in [0.2, 0.25) is 0 Å². The first kappa shape index (κ1) is 17.6. The van der Waals surface area contributed by atoms with Crippen molar-refractivity contribution in [3.05, 3.63) is 59.8 Å². The average Bonchev–Trinajstić information content (AvgIpc) is 3.04. The summed E-state index contributed by atoms with van der Waals surface area (Å²) in [7, 11) is 0. The molecule has 0 radical (unpaired) electrons. The zero-order valence-electron chi connectivity index (χ0n) is 14.6. The molecular formula is C19H20N4O3. The number of carbonyl (C=O) groups is 2. The number of amides is 1. The second kappa shape index (κ2) is 7.35. The monoisotopic (exact) mass is 352 g/mol. The summed E-state index contributed by atoms with van der Waals surface area (Å²) in [5.74, 6) is -1.01. The van der Waals surface area contributed by atoms with Gasteiger partial charge in [0.15, 0.2) is 0 Å². The van der Waals surface area contributed by atoms with Crippen molar-refractivity contribution >= 4 is 22.8 Å². The Morgan fingerprint density at radius 3 is 2.73 bits per heavy atom. The molecule has 3 aromatic rings. The standard InChI is InChI=1S/C19H20N4O3/c1-11(2)17-20-8-7-15(22-17)18(24)23-16(19(25)26)9-12-10-21-14-6-4-3-5-13(12)14/h3-8,10-11,16,21H,9H2,1-2H3,(H,23,24)(H,25,26)/t16-/m1/s1. The van der Waals surface area contributed by atoms with Crippen LogP contribution in [-0.4, -0.2) is 38.0 Å². The molecule has 7 nitrogen and oxygen atoms in total. The van der Waals surface area contributed by atoms with Gasteiger partial charge in [0.1, 0.15) is 17.6 Å². The Labute approximate surface area is 150 Å². The number of carboxylic acid groups (broad SMARTS) is 1. The van der Waals surface area contributed by atoms with E-state index in [0.717, 1.165) is 16.5 Å². The van der Waals surface area contributed by atoms with Gasteiger partial charge in [-0.25, -0.2) is 14.8 Å². The largest absolute Gasteiger partial charge is 0.480 e. The summed E-state index contributed by atoms with van der Waals surface area (Å²) in [5, 5.41) is 13.0. The average molecular weight is 352 g/mol. The number of aliphatic carboxylic acids is 1. The number of benzene rings is 1. The van der Waals surface area contributed by atoms with Gasteiger partial charge in [-0.3, -0.25) is 4.79 Å². The number of rotatable bonds is 6. The van der Waals surface area contributed by atoms with Crippen molar-refractivity contribution in [2.75, 3.05) is 0 Å². The third-order valence-electron chi connectivity index (χ3n) is 4.13. The molecule has 0 saturated carbocycles. The third-order valence-corrected chi connectivity index (χ3v) is 4.13. The van der Waals surface area contributed by atoms with Crippen molar-refractivity contribution in [3.63, 3.8) is 0 Å². The normalized spacial score (nSPS) is 12.3.